The van der Waals surface area contributed by atoms with Gasteiger partial charge in [0.15, 0.2) is 0 Å². The van der Waals surface area contributed by atoms with Gasteiger partial charge < -0.3 is 14.4 Å². The monoisotopic (exact) mass is 344 g/mol. The van der Waals surface area contributed by atoms with E-state index in [1.165, 1.54) is 0 Å². The molecular formula is C19H21ClN2O2. The number of aliphatic hydroxyl groups is 1. The molecule has 3 rings (SSSR count). The number of hydrogen-bond donors (Lipinski definition) is 1. The van der Waals surface area contributed by atoms with Crippen molar-refractivity contribution in [1.29, 1.82) is 0 Å². The fourth-order valence-corrected chi connectivity index (χ4v) is 2.94. The standard InChI is InChI=1S/C19H21ClN2O2/c1-2-6-19-21-17-9-3-4-10-18(17)22(19)12-15(23)13-24-16-8-5-7-14(20)11-16/h3-5,7-11,15,23H,2,6,12-13H2,1H3/t15-/m1/s1. The molecule has 0 aliphatic heterocycles. The summed E-state index contributed by atoms with van der Waals surface area (Å²) in [6, 6.07) is 15.2. The van der Waals surface area contributed by atoms with Gasteiger partial charge in [-0.3, -0.25) is 0 Å². The van der Waals surface area contributed by atoms with Crippen LogP contribution >= 0.6 is 11.6 Å². The minimum absolute atomic E-state index is 0.207. The van der Waals surface area contributed by atoms with Gasteiger partial charge in [-0.1, -0.05) is 36.7 Å². The molecule has 2 aromatic carbocycles. The maximum absolute atomic E-state index is 10.4. The van der Waals surface area contributed by atoms with Crippen LogP contribution in [0.3, 0.4) is 0 Å². The lowest BCUT2D eigenvalue weighted by molar-refractivity contribution is 0.0927. The number of aliphatic hydroxyl groups excluding tert-OH is 1. The fraction of sp³-hybridized carbons (Fsp3) is 0.316. The molecule has 0 unspecified atom stereocenters. The molecule has 0 aliphatic carbocycles. The number of benzene rings is 2. The van der Waals surface area contributed by atoms with Crippen LogP contribution in [0.15, 0.2) is 48.5 Å². The highest BCUT2D eigenvalue weighted by molar-refractivity contribution is 6.30. The first-order valence-electron chi connectivity index (χ1n) is 8.18. The highest BCUT2D eigenvalue weighted by Gasteiger charge is 2.14. The smallest absolute Gasteiger partial charge is 0.120 e. The van der Waals surface area contributed by atoms with Gasteiger partial charge in [0.1, 0.15) is 24.3 Å². The summed E-state index contributed by atoms with van der Waals surface area (Å²) >= 11 is 5.94. The van der Waals surface area contributed by atoms with E-state index in [0.717, 1.165) is 29.7 Å². The molecule has 3 aromatic rings. The maximum atomic E-state index is 10.4. The predicted molar refractivity (Wildman–Crippen MR) is 96.7 cm³/mol. The second kappa shape index (κ2) is 7.69. The average molecular weight is 345 g/mol. The van der Waals surface area contributed by atoms with Crippen molar-refractivity contribution in [3.05, 3.63) is 59.4 Å². The second-order valence-electron chi connectivity index (χ2n) is 5.80. The number of nitrogens with zero attached hydrogens (tertiary/aromatic N) is 2. The van der Waals surface area contributed by atoms with Crippen molar-refractivity contribution in [2.45, 2.75) is 32.4 Å². The van der Waals surface area contributed by atoms with Crippen LogP contribution in [0.4, 0.5) is 0 Å². The molecule has 1 N–H and O–H groups in total. The van der Waals surface area contributed by atoms with Crippen LogP contribution < -0.4 is 4.74 Å². The summed E-state index contributed by atoms with van der Waals surface area (Å²) in [5.74, 6) is 1.66. The van der Waals surface area contributed by atoms with Crippen LogP contribution in [0, 0.1) is 0 Å². The third-order valence-electron chi connectivity index (χ3n) is 3.84. The molecule has 24 heavy (non-hydrogen) atoms. The summed E-state index contributed by atoms with van der Waals surface area (Å²) in [5.41, 5.74) is 2.01. The number of ether oxygens (including phenoxy) is 1. The van der Waals surface area contributed by atoms with Gasteiger partial charge in [0.05, 0.1) is 17.6 Å². The van der Waals surface area contributed by atoms with Crippen LogP contribution in [0.2, 0.25) is 5.02 Å². The Kier molecular flexibility index (Phi) is 5.38. The first kappa shape index (κ1) is 16.8. The number of hydrogen-bond acceptors (Lipinski definition) is 3. The maximum Gasteiger partial charge on any atom is 0.120 e. The van der Waals surface area contributed by atoms with Gasteiger partial charge in [-0.25, -0.2) is 4.98 Å². The number of imidazole rings is 1. The van der Waals surface area contributed by atoms with E-state index in [9.17, 15) is 5.11 Å². The number of aryl methyl sites for hydroxylation is 1. The van der Waals surface area contributed by atoms with Crippen molar-refractivity contribution >= 4 is 22.6 Å². The fourth-order valence-electron chi connectivity index (χ4n) is 2.76. The molecule has 1 aromatic heterocycles. The van der Waals surface area contributed by atoms with Crippen molar-refractivity contribution < 1.29 is 9.84 Å². The topological polar surface area (TPSA) is 47.3 Å². The van der Waals surface area contributed by atoms with Crippen molar-refractivity contribution in [1.82, 2.24) is 9.55 Å². The molecule has 5 heteroatoms. The van der Waals surface area contributed by atoms with E-state index in [1.807, 2.05) is 36.4 Å². The molecule has 126 valence electrons. The van der Waals surface area contributed by atoms with Crippen molar-refractivity contribution in [3.8, 4) is 5.75 Å². The van der Waals surface area contributed by atoms with Gasteiger partial charge in [0.25, 0.3) is 0 Å². The molecule has 0 spiro atoms. The summed E-state index contributed by atoms with van der Waals surface area (Å²) < 4.78 is 7.73. The summed E-state index contributed by atoms with van der Waals surface area (Å²) in [4.78, 5) is 4.68. The molecular weight excluding hydrogens is 324 g/mol. The molecule has 0 saturated heterocycles. The zero-order chi connectivity index (χ0) is 16.9. The number of fused-ring (bicyclic) bond motifs is 1. The zero-order valence-corrected chi connectivity index (χ0v) is 14.4. The minimum Gasteiger partial charge on any atom is -0.491 e. The lowest BCUT2D eigenvalue weighted by atomic mass is 10.3. The lowest BCUT2D eigenvalue weighted by Crippen LogP contribution is -2.24. The van der Waals surface area contributed by atoms with E-state index in [0.29, 0.717) is 17.3 Å². The Hall–Kier alpha value is -2.04. The highest BCUT2D eigenvalue weighted by atomic mass is 35.5. The number of aromatic nitrogens is 2. The van der Waals surface area contributed by atoms with E-state index in [4.69, 9.17) is 16.3 Å². The number of para-hydroxylation sites is 2. The third-order valence-corrected chi connectivity index (χ3v) is 4.07. The van der Waals surface area contributed by atoms with Gasteiger partial charge in [-0.15, -0.1) is 0 Å². The number of halogens is 1. The Labute approximate surface area is 146 Å². The minimum atomic E-state index is -0.628. The second-order valence-corrected chi connectivity index (χ2v) is 6.24. The van der Waals surface area contributed by atoms with Crippen molar-refractivity contribution in [3.63, 3.8) is 0 Å². The predicted octanol–water partition coefficient (Wildman–Crippen LogP) is 4.08. The Morgan fingerprint density at radius 3 is 2.83 bits per heavy atom. The lowest BCUT2D eigenvalue weighted by Gasteiger charge is -2.15. The summed E-state index contributed by atoms with van der Waals surface area (Å²) in [7, 11) is 0. The average Bonchev–Trinajstić information content (AvgIpc) is 2.91. The van der Waals surface area contributed by atoms with Crippen LogP contribution in [0.1, 0.15) is 19.2 Å². The van der Waals surface area contributed by atoms with Gasteiger partial charge in [-0.05, 0) is 36.8 Å². The summed E-state index contributed by atoms with van der Waals surface area (Å²) in [6.45, 7) is 2.79. The van der Waals surface area contributed by atoms with Gasteiger partial charge in [-0.2, -0.15) is 0 Å². The van der Waals surface area contributed by atoms with Gasteiger partial charge in [0, 0.05) is 11.4 Å². The largest absolute Gasteiger partial charge is 0.491 e. The quantitative estimate of drug-likeness (QED) is 0.702. The van der Waals surface area contributed by atoms with E-state index in [2.05, 4.69) is 16.5 Å². The molecule has 1 heterocycles. The van der Waals surface area contributed by atoms with Crippen molar-refractivity contribution in [2.24, 2.45) is 0 Å². The Balaban J connectivity index is 1.72. The first-order valence-corrected chi connectivity index (χ1v) is 8.55. The first-order chi connectivity index (χ1) is 11.7. The number of rotatable bonds is 7. The summed E-state index contributed by atoms with van der Waals surface area (Å²) in [6.07, 6.45) is 1.27. The van der Waals surface area contributed by atoms with Gasteiger partial charge in [0.2, 0.25) is 0 Å². The Morgan fingerprint density at radius 1 is 1.21 bits per heavy atom. The SMILES string of the molecule is CCCc1nc2ccccc2n1C[C@@H](O)COc1cccc(Cl)c1. The molecule has 1 atom stereocenters. The van der Waals surface area contributed by atoms with E-state index >= 15 is 0 Å². The van der Waals surface area contributed by atoms with Crippen LogP contribution in [-0.4, -0.2) is 27.4 Å². The molecule has 4 nitrogen and oxygen atoms in total. The molecule has 0 aliphatic rings. The molecule has 0 fully saturated rings. The third kappa shape index (κ3) is 3.89. The van der Waals surface area contributed by atoms with Gasteiger partial charge >= 0.3 is 0 Å². The van der Waals surface area contributed by atoms with Crippen LogP contribution in [0.5, 0.6) is 5.75 Å². The molecule has 0 bridgehead atoms. The highest BCUT2D eigenvalue weighted by Crippen LogP contribution is 2.19. The van der Waals surface area contributed by atoms with E-state index < -0.39 is 6.10 Å². The van der Waals surface area contributed by atoms with E-state index in [1.54, 1.807) is 12.1 Å². The Morgan fingerprint density at radius 2 is 2.04 bits per heavy atom. The Bertz CT molecular complexity index is 816. The molecule has 0 radical (unpaired) electrons. The molecule has 0 saturated carbocycles. The van der Waals surface area contributed by atoms with Crippen LogP contribution in [-0.2, 0) is 13.0 Å². The molecule has 0 amide bonds. The normalized spacial score (nSPS) is 12.5. The van der Waals surface area contributed by atoms with E-state index in [-0.39, 0.29) is 6.61 Å². The van der Waals surface area contributed by atoms with Crippen molar-refractivity contribution in [2.75, 3.05) is 6.61 Å². The van der Waals surface area contributed by atoms with Crippen LogP contribution in [0.25, 0.3) is 11.0 Å². The summed E-state index contributed by atoms with van der Waals surface area (Å²) in [5, 5.41) is 11.0. The zero-order valence-electron chi connectivity index (χ0n) is 13.7.